The molecule has 1 amide bonds. The van der Waals surface area contributed by atoms with Gasteiger partial charge in [-0.1, -0.05) is 11.6 Å². The van der Waals surface area contributed by atoms with Gasteiger partial charge in [-0.2, -0.15) is 4.31 Å². The first-order valence-corrected chi connectivity index (χ1v) is 9.03. The molecule has 126 valence electrons. The third-order valence-corrected chi connectivity index (χ3v) is 6.38. The Morgan fingerprint density at radius 3 is 2.70 bits per heavy atom. The van der Waals surface area contributed by atoms with Crippen molar-refractivity contribution in [3.05, 3.63) is 17.2 Å². The number of piperidine rings is 1. The molecule has 2 aliphatic heterocycles. The summed E-state index contributed by atoms with van der Waals surface area (Å²) in [5.41, 5.74) is 0.378. The first-order valence-electron chi connectivity index (χ1n) is 7.21. The number of carbonyl (C=O) groups is 1. The molecule has 9 heteroatoms. The number of halogens is 1. The third-order valence-electron chi connectivity index (χ3n) is 4.02. The normalized spacial score (nSPS) is 19.8. The van der Waals surface area contributed by atoms with E-state index in [0.717, 1.165) is 0 Å². The molecule has 1 aromatic rings. The van der Waals surface area contributed by atoms with Crippen LogP contribution < -0.4 is 10.1 Å². The standard InChI is InChI=1S/C14H17ClN2O5S/c1-21-9-2-4-17(5-3-9)23(19,20)13-7-12-11(6-10(13)15)16-14(18)8-22-12/h6-7,9H,2-5,8H2,1H3,(H,16,18). The van der Waals surface area contributed by atoms with Crippen LogP contribution in [0.3, 0.4) is 0 Å². The van der Waals surface area contributed by atoms with Crippen molar-refractivity contribution in [2.75, 3.05) is 32.1 Å². The molecular weight excluding hydrogens is 344 g/mol. The van der Waals surface area contributed by atoms with Crippen molar-refractivity contribution in [2.24, 2.45) is 0 Å². The Balaban J connectivity index is 1.90. The van der Waals surface area contributed by atoms with Gasteiger partial charge in [0.1, 0.15) is 10.6 Å². The molecular formula is C14H17ClN2O5S. The Labute approximate surface area is 139 Å². The van der Waals surface area contributed by atoms with Crippen LogP contribution in [0.1, 0.15) is 12.8 Å². The van der Waals surface area contributed by atoms with Gasteiger partial charge in [0.25, 0.3) is 5.91 Å². The zero-order chi connectivity index (χ0) is 16.6. The summed E-state index contributed by atoms with van der Waals surface area (Å²) in [4.78, 5) is 11.3. The average molecular weight is 361 g/mol. The number of nitrogens with one attached hydrogen (secondary N) is 1. The number of hydrogen-bond donors (Lipinski definition) is 1. The molecule has 0 aliphatic carbocycles. The molecule has 1 aromatic carbocycles. The molecule has 0 unspecified atom stereocenters. The van der Waals surface area contributed by atoms with Gasteiger partial charge < -0.3 is 14.8 Å². The van der Waals surface area contributed by atoms with Gasteiger partial charge in [-0.25, -0.2) is 8.42 Å². The number of nitrogens with zero attached hydrogens (tertiary/aromatic N) is 1. The van der Waals surface area contributed by atoms with Gasteiger partial charge in [-0.15, -0.1) is 0 Å². The third kappa shape index (κ3) is 3.16. The second-order valence-corrected chi connectivity index (χ2v) is 7.77. The Kier molecular flexibility index (Phi) is 4.50. The highest BCUT2D eigenvalue weighted by molar-refractivity contribution is 7.89. The van der Waals surface area contributed by atoms with E-state index >= 15 is 0 Å². The van der Waals surface area contributed by atoms with E-state index in [0.29, 0.717) is 37.4 Å². The van der Waals surface area contributed by atoms with Crippen LogP contribution >= 0.6 is 11.6 Å². The Morgan fingerprint density at radius 2 is 2.04 bits per heavy atom. The van der Waals surface area contributed by atoms with Crippen LogP contribution in [0.25, 0.3) is 0 Å². The predicted molar refractivity (Wildman–Crippen MR) is 84.4 cm³/mol. The maximum atomic E-state index is 12.8. The van der Waals surface area contributed by atoms with Crippen molar-refractivity contribution >= 4 is 33.2 Å². The lowest BCUT2D eigenvalue weighted by molar-refractivity contribution is -0.118. The van der Waals surface area contributed by atoms with Crippen LogP contribution in [-0.2, 0) is 19.6 Å². The molecule has 1 N–H and O–H groups in total. The smallest absolute Gasteiger partial charge is 0.262 e. The fourth-order valence-corrected chi connectivity index (χ4v) is 4.71. The molecule has 23 heavy (non-hydrogen) atoms. The largest absolute Gasteiger partial charge is 0.482 e. The van der Waals surface area contributed by atoms with Crippen molar-refractivity contribution in [3.63, 3.8) is 0 Å². The zero-order valence-corrected chi connectivity index (χ0v) is 14.1. The second kappa shape index (κ2) is 6.27. The number of benzene rings is 1. The van der Waals surface area contributed by atoms with Crippen molar-refractivity contribution in [2.45, 2.75) is 23.8 Å². The molecule has 0 spiro atoms. The summed E-state index contributed by atoms with van der Waals surface area (Å²) < 4.78 is 37.6. The second-order valence-electron chi connectivity index (χ2n) is 5.45. The number of methoxy groups -OCH3 is 1. The van der Waals surface area contributed by atoms with E-state index in [2.05, 4.69) is 5.32 Å². The lowest BCUT2D eigenvalue weighted by Crippen LogP contribution is -2.40. The molecule has 3 rings (SSSR count). The van der Waals surface area contributed by atoms with Gasteiger partial charge in [-0.3, -0.25) is 4.79 Å². The number of sulfonamides is 1. The average Bonchev–Trinajstić information content (AvgIpc) is 2.54. The van der Waals surface area contributed by atoms with Crippen LogP contribution in [0, 0.1) is 0 Å². The van der Waals surface area contributed by atoms with Crippen molar-refractivity contribution in [3.8, 4) is 5.75 Å². The highest BCUT2D eigenvalue weighted by Gasteiger charge is 2.32. The van der Waals surface area contributed by atoms with Crippen LogP contribution in [0.5, 0.6) is 5.75 Å². The number of hydrogen-bond acceptors (Lipinski definition) is 5. The summed E-state index contributed by atoms with van der Waals surface area (Å²) in [6.45, 7) is 0.616. The maximum Gasteiger partial charge on any atom is 0.262 e. The Bertz CT molecular complexity index is 729. The number of ether oxygens (including phenoxy) is 2. The summed E-state index contributed by atoms with van der Waals surface area (Å²) >= 11 is 6.13. The van der Waals surface area contributed by atoms with Crippen molar-refractivity contribution in [1.82, 2.24) is 4.31 Å². The summed E-state index contributed by atoms with van der Waals surface area (Å²) in [5.74, 6) is 0.00478. The lowest BCUT2D eigenvalue weighted by atomic mass is 10.1. The predicted octanol–water partition coefficient (Wildman–Crippen LogP) is 1.47. The van der Waals surface area contributed by atoms with Gasteiger partial charge in [0.2, 0.25) is 10.0 Å². The van der Waals surface area contributed by atoms with E-state index in [-0.39, 0.29) is 28.5 Å². The summed E-state index contributed by atoms with van der Waals surface area (Å²) in [5, 5.41) is 2.66. The fraction of sp³-hybridized carbons (Fsp3) is 0.500. The zero-order valence-electron chi connectivity index (χ0n) is 12.5. The molecule has 7 nitrogen and oxygen atoms in total. The minimum absolute atomic E-state index is 0.00932. The fourth-order valence-electron chi connectivity index (χ4n) is 2.73. The minimum atomic E-state index is -3.72. The van der Waals surface area contributed by atoms with Crippen molar-refractivity contribution < 1.29 is 22.7 Å². The molecule has 0 saturated carbocycles. The Morgan fingerprint density at radius 1 is 1.35 bits per heavy atom. The highest BCUT2D eigenvalue weighted by atomic mass is 35.5. The quantitative estimate of drug-likeness (QED) is 0.882. The van der Waals surface area contributed by atoms with E-state index in [4.69, 9.17) is 21.1 Å². The van der Waals surface area contributed by atoms with E-state index in [9.17, 15) is 13.2 Å². The molecule has 0 aromatic heterocycles. The molecule has 2 aliphatic rings. The van der Waals surface area contributed by atoms with Crippen LogP contribution in [0.4, 0.5) is 5.69 Å². The minimum Gasteiger partial charge on any atom is -0.482 e. The molecule has 1 fully saturated rings. The van der Waals surface area contributed by atoms with Gasteiger partial charge >= 0.3 is 0 Å². The summed E-state index contributed by atoms with van der Waals surface area (Å²) in [7, 11) is -2.09. The number of rotatable bonds is 3. The number of carbonyl (C=O) groups excluding carboxylic acids is 1. The van der Waals surface area contributed by atoms with Crippen LogP contribution in [-0.4, -0.2) is 51.5 Å². The number of fused-ring (bicyclic) bond motifs is 1. The monoisotopic (exact) mass is 360 g/mol. The van der Waals surface area contributed by atoms with Crippen molar-refractivity contribution in [1.29, 1.82) is 0 Å². The SMILES string of the molecule is COC1CCN(S(=O)(=O)c2cc3c(cc2Cl)NC(=O)CO3)CC1. The topological polar surface area (TPSA) is 84.9 Å². The van der Waals surface area contributed by atoms with Crippen LogP contribution in [0.15, 0.2) is 17.0 Å². The van der Waals surface area contributed by atoms with Gasteiger partial charge in [-0.05, 0) is 18.9 Å². The van der Waals surface area contributed by atoms with Gasteiger partial charge in [0.15, 0.2) is 6.61 Å². The first kappa shape index (κ1) is 16.5. The van der Waals surface area contributed by atoms with E-state index in [1.165, 1.54) is 16.4 Å². The molecule has 2 heterocycles. The molecule has 1 saturated heterocycles. The van der Waals surface area contributed by atoms with Crippen LogP contribution in [0.2, 0.25) is 5.02 Å². The number of amides is 1. The molecule has 0 radical (unpaired) electrons. The molecule has 0 bridgehead atoms. The maximum absolute atomic E-state index is 12.8. The molecule has 0 atom stereocenters. The highest BCUT2D eigenvalue weighted by Crippen LogP contribution is 2.37. The Hall–Kier alpha value is -1.35. The van der Waals surface area contributed by atoms with Gasteiger partial charge in [0.05, 0.1) is 16.8 Å². The van der Waals surface area contributed by atoms with E-state index in [1.807, 2.05) is 0 Å². The summed E-state index contributed by atoms with van der Waals surface area (Å²) in [6.07, 6.45) is 1.37. The summed E-state index contributed by atoms with van der Waals surface area (Å²) in [6, 6.07) is 2.78. The number of anilines is 1. The van der Waals surface area contributed by atoms with E-state index in [1.54, 1.807) is 7.11 Å². The first-order chi connectivity index (χ1) is 10.9. The van der Waals surface area contributed by atoms with Gasteiger partial charge in [0, 0.05) is 26.3 Å². The lowest BCUT2D eigenvalue weighted by Gasteiger charge is -2.31. The van der Waals surface area contributed by atoms with E-state index < -0.39 is 10.0 Å².